The monoisotopic (exact) mass is 379 g/mol. The van der Waals surface area contributed by atoms with Crippen LogP contribution in [0.1, 0.15) is 29.6 Å². The van der Waals surface area contributed by atoms with Gasteiger partial charge in [0.2, 0.25) is 11.7 Å². The molecule has 0 radical (unpaired) electrons. The van der Waals surface area contributed by atoms with Crippen molar-refractivity contribution in [1.82, 2.24) is 4.98 Å². The second-order valence-corrected chi connectivity index (χ2v) is 5.17. The Kier molecular flexibility index (Phi) is 4.95. The van der Waals surface area contributed by atoms with E-state index in [2.05, 4.69) is 25.7 Å². The van der Waals surface area contributed by atoms with E-state index in [-0.39, 0.29) is 12.5 Å². The lowest BCUT2D eigenvalue weighted by Gasteiger charge is -2.00. The molecule has 2 aromatic rings. The van der Waals surface area contributed by atoms with Gasteiger partial charge >= 0.3 is 5.97 Å². The molecule has 8 heteroatoms. The number of carbonyl (C=O) groups is 1. The molecule has 1 heterocycles. The highest BCUT2D eigenvalue weighted by Crippen LogP contribution is 2.33. The van der Waals surface area contributed by atoms with Crippen molar-refractivity contribution in [3.8, 4) is 11.5 Å². The fourth-order valence-electron chi connectivity index (χ4n) is 1.60. The number of alkyl halides is 2. The summed E-state index contributed by atoms with van der Waals surface area (Å²) < 4.78 is 36.3. The molecule has 0 atom stereocenters. The van der Waals surface area contributed by atoms with E-state index in [1.165, 1.54) is 0 Å². The Bertz CT molecular complexity index is 675. The summed E-state index contributed by atoms with van der Waals surface area (Å²) in [6.07, 6.45) is -2.95. The number of benzene rings is 1. The van der Waals surface area contributed by atoms with Gasteiger partial charge in [-0.2, -0.15) is 0 Å². The zero-order valence-corrected chi connectivity index (χ0v) is 13.0. The van der Waals surface area contributed by atoms with Gasteiger partial charge in [-0.25, -0.2) is 18.6 Å². The van der Waals surface area contributed by atoms with Gasteiger partial charge in [0.15, 0.2) is 5.69 Å². The Hall–Kier alpha value is -1.47. The normalized spacial score (nSPS) is 11.0. The summed E-state index contributed by atoms with van der Waals surface area (Å²) >= 11 is 9.04. The van der Waals surface area contributed by atoms with Gasteiger partial charge in [-0.05, 0) is 41.1 Å². The summed E-state index contributed by atoms with van der Waals surface area (Å²) in [5, 5.41) is 0.455. The number of rotatable bonds is 4. The average molecular weight is 381 g/mol. The summed E-state index contributed by atoms with van der Waals surface area (Å²) in [7, 11) is 0. The van der Waals surface area contributed by atoms with Crippen molar-refractivity contribution in [2.24, 2.45) is 0 Å². The second-order valence-electron chi connectivity index (χ2n) is 3.88. The molecule has 0 spiro atoms. The third-order valence-electron chi connectivity index (χ3n) is 2.48. The Labute approximate surface area is 132 Å². The molecule has 0 saturated carbocycles. The zero-order chi connectivity index (χ0) is 15.6. The number of halogens is 4. The first-order chi connectivity index (χ1) is 9.93. The van der Waals surface area contributed by atoms with Crippen LogP contribution in [0.15, 0.2) is 27.1 Å². The lowest BCUT2D eigenvalue weighted by molar-refractivity contribution is 0.0476. The van der Waals surface area contributed by atoms with Gasteiger partial charge < -0.3 is 9.15 Å². The van der Waals surface area contributed by atoms with E-state index in [4.69, 9.17) is 16.0 Å². The van der Waals surface area contributed by atoms with Gasteiger partial charge in [0.05, 0.1) is 12.2 Å². The summed E-state index contributed by atoms with van der Waals surface area (Å²) in [6, 6.07) is 4.66. The molecule has 0 aliphatic rings. The molecule has 0 unspecified atom stereocenters. The Morgan fingerprint density at radius 1 is 1.52 bits per heavy atom. The van der Waals surface area contributed by atoms with Crippen LogP contribution in [0.25, 0.3) is 11.5 Å². The van der Waals surface area contributed by atoms with Gasteiger partial charge in [-0.15, -0.1) is 0 Å². The topological polar surface area (TPSA) is 52.3 Å². The number of ether oxygens (including phenoxy) is 1. The van der Waals surface area contributed by atoms with Crippen molar-refractivity contribution < 1.29 is 22.7 Å². The number of carbonyl (C=O) groups excluding carboxylic acids is 1. The smallest absolute Gasteiger partial charge is 0.376 e. The maximum absolute atomic E-state index is 13.0. The van der Waals surface area contributed by atoms with E-state index < -0.39 is 23.8 Å². The number of oxazole rings is 1. The minimum absolute atomic E-state index is 0.0438. The fraction of sp³-hybridized carbons (Fsp3) is 0.231. The van der Waals surface area contributed by atoms with Gasteiger partial charge in [-0.3, -0.25) is 0 Å². The predicted molar refractivity (Wildman–Crippen MR) is 75.6 cm³/mol. The van der Waals surface area contributed by atoms with Crippen molar-refractivity contribution in [2.75, 3.05) is 6.61 Å². The summed E-state index contributed by atoms with van der Waals surface area (Å²) in [6.45, 7) is 1.61. The first kappa shape index (κ1) is 15.9. The van der Waals surface area contributed by atoms with E-state index in [0.717, 1.165) is 0 Å². The molecular weight excluding hydrogens is 372 g/mol. The van der Waals surface area contributed by atoms with Crippen LogP contribution >= 0.6 is 27.5 Å². The largest absolute Gasteiger partial charge is 0.460 e. The quantitative estimate of drug-likeness (QED) is 0.710. The van der Waals surface area contributed by atoms with E-state index >= 15 is 0 Å². The molecule has 1 aromatic heterocycles. The molecule has 21 heavy (non-hydrogen) atoms. The summed E-state index contributed by atoms with van der Waals surface area (Å²) in [5.41, 5.74) is -0.345. The zero-order valence-electron chi connectivity index (χ0n) is 10.7. The van der Waals surface area contributed by atoms with E-state index in [1.807, 2.05) is 0 Å². The van der Waals surface area contributed by atoms with E-state index in [9.17, 15) is 13.6 Å². The van der Waals surface area contributed by atoms with Crippen molar-refractivity contribution in [1.29, 1.82) is 0 Å². The molecule has 0 saturated heterocycles. The van der Waals surface area contributed by atoms with Crippen molar-refractivity contribution in [3.05, 3.63) is 39.1 Å². The average Bonchev–Trinajstić information content (AvgIpc) is 2.84. The van der Waals surface area contributed by atoms with Crippen LogP contribution in [0.3, 0.4) is 0 Å². The van der Waals surface area contributed by atoms with Gasteiger partial charge in [0, 0.05) is 9.50 Å². The SMILES string of the molecule is CCOC(=O)c1oc(-c2ccc(Cl)cc2Br)nc1C(F)F. The Morgan fingerprint density at radius 2 is 2.24 bits per heavy atom. The molecule has 0 bridgehead atoms. The molecule has 4 nitrogen and oxygen atoms in total. The molecule has 0 aliphatic heterocycles. The predicted octanol–water partition coefficient (Wildman–Crippen LogP) is 4.87. The third-order valence-corrected chi connectivity index (χ3v) is 3.37. The molecule has 0 aliphatic carbocycles. The highest BCUT2D eigenvalue weighted by molar-refractivity contribution is 9.10. The number of esters is 1. The summed E-state index contributed by atoms with van der Waals surface area (Å²) in [5.74, 6) is -1.68. The number of hydrogen-bond acceptors (Lipinski definition) is 4. The minimum atomic E-state index is -2.95. The van der Waals surface area contributed by atoms with Crippen LogP contribution in [0.2, 0.25) is 5.02 Å². The van der Waals surface area contributed by atoms with Crippen LogP contribution in [-0.2, 0) is 4.74 Å². The minimum Gasteiger partial charge on any atom is -0.460 e. The molecule has 112 valence electrons. The molecule has 1 aromatic carbocycles. The number of aromatic nitrogens is 1. The van der Waals surface area contributed by atoms with Crippen LogP contribution in [0.4, 0.5) is 8.78 Å². The lowest BCUT2D eigenvalue weighted by Crippen LogP contribution is -2.06. The fourth-order valence-corrected chi connectivity index (χ4v) is 2.45. The highest BCUT2D eigenvalue weighted by atomic mass is 79.9. The first-order valence-corrected chi connectivity index (χ1v) is 7.02. The molecular formula is C13H9BrClF2NO3. The third kappa shape index (κ3) is 3.41. The van der Waals surface area contributed by atoms with Gasteiger partial charge in [-0.1, -0.05) is 11.6 Å². The van der Waals surface area contributed by atoms with E-state index in [1.54, 1.807) is 25.1 Å². The maximum Gasteiger partial charge on any atom is 0.376 e. The van der Waals surface area contributed by atoms with Crippen molar-refractivity contribution in [3.63, 3.8) is 0 Å². The van der Waals surface area contributed by atoms with Crippen LogP contribution in [0.5, 0.6) is 0 Å². The molecule has 2 rings (SSSR count). The van der Waals surface area contributed by atoms with Gasteiger partial charge in [0.1, 0.15) is 0 Å². The highest BCUT2D eigenvalue weighted by Gasteiger charge is 2.28. The van der Waals surface area contributed by atoms with Gasteiger partial charge in [0.25, 0.3) is 6.43 Å². The molecule has 0 fully saturated rings. The van der Waals surface area contributed by atoms with Crippen LogP contribution in [0, 0.1) is 0 Å². The number of nitrogens with zero attached hydrogens (tertiary/aromatic N) is 1. The van der Waals surface area contributed by atoms with Crippen LogP contribution in [-0.4, -0.2) is 17.6 Å². The maximum atomic E-state index is 13.0. The molecule has 0 N–H and O–H groups in total. The van der Waals surface area contributed by atoms with Crippen molar-refractivity contribution in [2.45, 2.75) is 13.3 Å². The second kappa shape index (κ2) is 6.53. The number of hydrogen-bond donors (Lipinski definition) is 0. The Balaban J connectivity index is 2.51. The standard InChI is InChI=1S/C13H9BrClF2NO3/c1-2-20-13(19)10-9(11(16)17)18-12(21-10)7-4-3-6(15)5-8(7)14/h3-5,11H,2H2,1H3. The van der Waals surface area contributed by atoms with Crippen LogP contribution < -0.4 is 0 Å². The summed E-state index contributed by atoms with van der Waals surface area (Å²) in [4.78, 5) is 15.3. The van der Waals surface area contributed by atoms with Crippen molar-refractivity contribution >= 4 is 33.5 Å². The van der Waals surface area contributed by atoms with E-state index in [0.29, 0.717) is 15.1 Å². The molecule has 0 amide bonds. The lowest BCUT2D eigenvalue weighted by atomic mass is 10.2. The Morgan fingerprint density at radius 3 is 2.81 bits per heavy atom. The first-order valence-electron chi connectivity index (χ1n) is 5.85.